The first-order chi connectivity index (χ1) is 7.79. The number of aliphatic hydroxyl groups is 1. The maximum atomic E-state index is 8.90. The molecule has 2 aromatic rings. The van der Waals surface area contributed by atoms with Gasteiger partial charge in [0.1, 0.15) is 0 Å². The van der Waals surface area contributed by atoms with Crippen molar-refractivity contribution in [3.8, 4) is 10.6 Å². The maximum absolute atomic E-state index is 8.90. The van der Waals surface area contributed by atoms with Gasteiger partial charge in [0.15, 0.2) is 5.76 Å². The number of oxazole rings is 1. The van der Waals surface area contributed by atoms with Gasteiger partial charge in [0.05, 0.1) is 23.4 Å². The van der Waals surface area contributed by atoms with Gasteiger partial charge in [0.2, 0.25) is 5.89 Å². The van der Waals surface area contributed by atoms with E-state index in [4.69, 9.17) is 9.52 Å². The van der Waals surface area contributed by atoms with E-state index in [-0.39, 0.29) is 11.9 Å². The van der Waals surface area contributed by atoms with Crippen LogP contribution in [0.25, 0.3) is 10.6 Å². The molecule has 0 aliphatic carbocycles. The summed E-state index contributed by atoms with van der Waals surface area (Å²) in [4.78, 5) is 5.31. The van der Waals surface area contributed by atoms with Gasteiger partial charge in [-0.05, 0) is 11.4 Å². The lowest BCUT2D eigenvalue weighted by atomic mass is 10.4. The summed E-state index contributed by atoms with van der Waals surface area (Å²) < 4.78 is 5.62. The normalized spacial score (nSPS) is 12.9. The predicted molar refractivity (Wildman–Crippen MR) is 67.7 cm³/mol. The van der Waals surface area contributed by atoms with Crippen LogP contribution in [-0.4, -0.2) is 21.9 Å². The van der Waals surface area contributed by atoms with Crippen LogP contribution < -0.4 is 0 Å². The molecule has 1 N–H and O–H groups in total. The molecule has 16 heavy (non-hydrogen) atoms. The van der Waals surface area contributed by atoms with E-state index in [1.807, 2.05) is 24.4 Å². The van der Waals surface area contributed by atoms with Crippen LogP contribution in [0.15, 0.2) is 28.1 Å². The molecule has 2 aromatic heterocycles. The molecule has 0 aromatic carbocycles. The Kier molecular flexibility index (Phi) is 4.04. The van der Waals surface area contributed by atoms with Gasteiger partial charge in [-0.3, -0.25) is 0 Å². The molecule has 0 aliphatic rings. The van der Waals surface area contributed by atoms with Crippen LogP contribution in [0.2, 0.25) is 0 Å². The molecule has 2 heterocycles. The highest BCUT2D eigenvalue weighted by Gasteiger charge is 2.08. The third-order valence-electron chi connectivity index (χ3n) is 2.07. The minimum Gasteiger partial charge on any atom is -0.439 e. The average Bonchev–Trinajstić information content (AvgIpc) is 2.95. The van der Waals surface area contributed by atoms with Gasteiger partial charge in [0.25, 0.3) is 0 Å². The molecule has 0 saturated heterocycles. The topological polar surface area (TPSA) is 46.3 Å². The number of rotatable bonds is 5. The Hall–Kier alpha value is -0.780. The number of thiophene rings is 1. The lowest BCUT2D eigenvalue weighted by molar-refractivity contribution is 0.300. The largest absolute Gasteiger partial charge is 0.439 e. The van der Waals surface area contributed by atoms with E-state index < -0.39 is 0 Å². The lowest BCUT2D eigenvalue weighted by Crippen LogP contribution is -2.02. The van der Waals surface area contributed by atoms with E-state index in [1.54, 1.807) is 29.3 Å². The molecule has 0 aliphatic heterocycles. The molecule has 2 rings (SSSR count). The zero-order valence-corrected chi connectivity index (χ0v) is 10.6. The van der Waals surface area contributed by atoms with Crippen LogP contribution in [0.3, 0.4) is 0 Å². The summed E-state index contributed by atoms with van der Waals surface area (Å²) in [6.07, 6.45) is 1.76. The Morgan fingerprint density at radius 3 is 3.19 bits per heavy atom. The Morgan fingerprint density at radius 1 is 1.62 bits per heavy atom. The zero-order chi connectivity index (χ0) is 11.4. The number of hydrogen-bond donors (Lipinski definition) is 1. The maximum Gasteiger partial charge on any atom is 0.204 e. The van der Waals surface area contributed by atoms with Crippen molar-refractivity contribution in [1.82, 2.24) is 4.98 Å². The minimum atomic E-state index is 0.184. The van der Waals surface area contributed by atoms with Gasteiger partial charge in [-0.1, -0.05) is 13.0 Å². The highest BCUT2D eigenvalue weighted by Crippen LogP contribution is 2.26. The fraction of sp³-hybridized carbons (Fsp3) is 0.364. The van der Waals surface area contributed by atoms with Gasteiger partial charge in [-0.2, -0.15) is 0 Å². The third-order valence-corrected chi connectivity index (χ3v) is 4.08. The van der Waals surface area contributed by atoms with Gasteiger partial charge >= 0.3 is 0 Å². The molecular formula is C11H13NO2S2. The van der Waals surface area contributed by atoms with Crippen molar-refractivity contribution in [3.05, 3.63) is 29.6 Å². The molecule has 0 saturated carbocycles. The Bertz CT molecular complexity index is 425. The van der Waals surface area contributed by atoms with Gasteiger partial charge < -0.3 is 9.52 Å². The number of thioether (sulfide) groups is 1. The van der Waals surface area contributed by atoms with Crippen molar-refractivity contribution in [3.63, 3.8) is 0 Å². The second-order valence-corrected chi connectivity index (χ2v) is 5.77. The van der Waals surface area contributed by atoms with Gasteiger partial charge in [-0.25, -0.2) is 4.98 Å². The third kappa shape index (κ3) is 2.87. The molecule has 0 radical (unpaired) electrons. The summed E-state index contributed by atoms with van der Waals surface area (Å²) in [5, 5.41) is 11.1. The zero-order valence-electron chi connectivity index (χ0n) is 8.92. The second kappa shape index (κ2) is 5.52. The summed E-state index contributed by atoms with van der Waals surface area (Å²) in [7, 11) is 0. The van der Waals surface area contributed by atoms with Crippen LogP contribution in [-0.2, 0) is 5.75 Å². The minimum absolute atomic E-state index is 0.184. The van der Waals surface area contributed by atoms with Gasteiger partial charge in [-0.15, -0.1) is 23.1 Å². The van der Waals surface area contributed by atoms with Crippen molar-refractivity contribution >= 4 is 23.1 Å². The van der Waals surface area contributed by atoms with Crippen LogP contribution >= 0.6 is 23.1 Å². The number of nitrogens with zero attached hydrogens (tertiary/aromatic N) is 1. The number of aliphatic hydroxyl groups excluding tert-OH is 1. The lowest BCUT2D eigenvalue weighted by Gasteiger charge is -2.03. The van der Waals surface area contributed by atoms with E-state index in [2.05, 4.69) is 4.98 Å². The highest BCUT2D eigenvalue weighted by molar-refractivity contribution is 7.99. The monoisotopic (exact) mass is 255 g/mol. The van der Waals surface area contributed by atoms with Gasteiger partial charge in [0, 0.05) is 5.25 Å². The first kappa shape index (κ1) is 11.7. The van der Waals surface area contributed by atoms with Crippen molar-refractivity contribution in [2.75, 3.05) is 6.61 Å². The number of aromatic nitrogens is 1. The smallest absolute Gasteiger partial charge is 0.204 e. The molecule has 0 bridgehead atoms. The van der Waals surface area contributed by atoms with E-state index in [9.17, 15) is 0 Å². The van der Waals surface area contributed by atoms with E-state index in [0.29, 0.717) is 11.6 Å². The standard InChI is InChI=1S/C11H13NO2S2/c1-8(6-13)16-7-11-12-5-9(14-11)10-3-2-4-15-10/h2-5,8,13H,6-7H2,1H3/t8-/m1/s1. The summed E-state index contributed by atoms with van der Waals surface area (Å²) in [5.74, 6) is 2.24. The van der Waals surface area contributed by atoms with Crippen LogP contribution in [0.1, 0.15) is 12.8 Å². The molecule has 0 fully saturated rings. The predicted octanol–water partition coefficient (Wildman–Crippen LogP) is 3.02. The molecule has 5 heteroatoms. The summed E-state index contributed by atoms with van der Waals surface area (Å²) in [5.41, 5.74) is 0. The van der Waals surface area contributed by atoms with Crippen molar-refractivity contribution < 1.29 is 9.52 Å². The van der Waals surface area contributed by atoms with Crippen LogP contribution in [0.4, 0.5) is 0 Å². The summed E-state index contributed by atoms with van der Waals surface area (Å²) in [6.45, 7) is 2.16. The molecule has 86 valence electrons. The molecule has 0 amide bonds. The average molecular weight is 255 g/mol. The Morgan fingerprint density at radius 2 is 2.50 bits per heavy atom. The molecule has 1 atom stereocenters. The van der Waals surface area contributed by atoms with Crippen LogP contribution in [0.5, 0.6) is 0 Å². The fourth-order valence-corrected chi connectivity index (χ4v) is 2.51. The molecule has 3 nitrogen and oxygen atoms in total. The van der Waals surface area contributed by atoms with E-state index in [0.717, 1.165) is 10.6 Å². The highest BCUT2D eigenvalue weighted by atomic mass is 32.2. The van der Waals surface area contributed by atoms with Crippen molar-refractivity contribution in [2.24, 2.45) is 0 Å². The van der Waals surface area contributed by atoms with Crippen molar-refractivity contribution in [2.45, 2.75) is 17.9 Å². The first-order valence-electron chi connectivity index (χ1n) is 5.00. The fourth-order valence-electron chi connectivity index (χ4n) is 1.18. The number of hydrogen-bond acceptors (Lipinski definition) is 5. The second-order valence-electron chi connectivity index (χ2n) is 3.40. The van der Waals surface area contributed by atoms with E-state index >= 15 is 0 Å². The molecule has 0 unspecified atom stereocenters. The SMILES string of the molecule is C[C@H](CO)SCc1ncc(-c2cccs2)o1. The molecule has 0 spiro atoms. The quantitative estimate of drug-likeness (QED) is 0.892. The summed E-state index contributed by atoms with van der Waals surface area (Å²) >= 11 is 3.27. The molecular weight excluding hydrogens is 242 g/mol. The first-order valence-corrected chi connectivity index (χ1v) is 6.93. The van der Waals surface area contributed by atoms with Crippen molar-refractivity contribution in [1.29, 1.82) is 0 Å². The van der Waals surface area contributed by atoms with E-state index in [1.165, 1.54) is 0 Å². The Balaban J connectivity index is 1.98. The van der Waals surface area contributed by atoms with Crippen LogP contribution in [0, 0.1) is 0 Å². The summed E-state index contributed by atoms with van der Waals surface area (Å²) in [6, 6.07) is 4.00. The Labute approximate surface area is 103 Å².